The summed E-state index contributed by atoms with van der Waals surface area (Å²) in [7, 11) is 0. The summed E-state index contributed by atoms with van der Waals surface area (Å²) in [6, 6.07) is 4.12. The van der Waals surface area contributed by atoms with Crippen LogP contribution in [-0.4, -0.2) is 34.6 Å². The number of rotatable bonds is 3. The van der Waals surface area contributed by atoms with Gasteiger partial charge >= 0.3 is 6.09 Å². The van der Waals surface area contributed by atoms with Gasteiger partial charge in [0, 0.05) is 17.0 Å². The van der Waals surface area contributed by atoms with Gasteiger partial charge in [-0.15, -0.1) is 11.3 Å². The maximum absolute atomic E-state index is 12.5. The zero-order valence-corrected chi connectivity index (χ0v) is 14.7. The molecular weight excluding hydrogens is 312 g/mol. The van der Waals surface area contributed by atoms with Crippen molar-refractivity contribution in [1.82, 2.24) is 10.2 Å². The summed E-state index contributed by atoms with van der Waals surface area (Å²) in [6.45, 7) is 6.17. The molecule has 1 aromatic heterocycles. The van der Waals surface area contributed by atoms with Gasteiger partial charge in [-0.3, -0.25) is 4.79 Å². The van der Waals surface area contributed by atoms with Crippen molar-refractivity contribution in [2.45, 2.75) is 64.3 Å². The molecule has 0 aromatic carbocycles. The summed E-state index contributed by atoms with van der Waals surface area (Å²) >= 11 is 1.64. The topological polar surface area (TPSA) is 58.6 Å². The van der Waals surface area contributed by atoms with Crippen LogP contribution < -0.4 is 5.32 Å². The van der Waals surface area contributed by atoms with Gasteiger partial charge in [0.15, 0.2) is 0 Å². The molecule has 0 saturated carbocycles. The van der Waals surface area contributed by atoms with E-state index in [2.05, 4.69) is 5.32 Å². The third kappa shape index (κ3) is 3.52. The van der Waals surface area contributed by atoms with E-state index in [0.717, 1.165) is 24.1 Å². The Morgan fingerprint density at radius 3 is 2.83 bits per heavy atom. The molecule has 5 nitrogen and oxygen atoms in total. The monoisotopic (exact) mass is 336 g/mol. The van der Waals surface area contributed by atoms with Crippen molar-refractivity contribution in [2.24, 2.45) is 5.92 Å². The van der Waals surface area contributed by atoms with E-state index in [-0.39, 0.29) is 30.0 Å². The lowest BCUT2D eigenvalue weighted by molar-refractivity contribution is -0.126. The second-order valence-electron chi connectivity index (χ2n) is 7.33. The molecule has 2 aliphatic rings. The van der Waals surface area contributed by atoms with Gasteiger partial charge in [-0.25, -0.2) is 4.79 Å². The highest BCUT2D eigenvalue weighted by Crippen LogP contribution is 2.42. The molecule has 2 bridgehead atoms. The standard InChI is InChI=1S/C17H24N2O3S/c1-17(2,3)22-16(21)19-11-6-7-14(19)13(9-11)15(20)18-10-12-5-4-8-23-12/h4-5,8,11,13-14H,6-7,9-10H2,1-3H3,(H,18,20). The molecule has 3 heterocycles. The second-order valence-corrected chi connectivity index (χ2v) is 8.36. The summed E-state index contributed by atoms with van der Waals surface area (Å²) in [5.74, 6) is -0.0552. The SMILES string of the molecule is CC(C)(C)OC(=O)N1C2CCC1C(C(=O)NCc1cccs1)C2. The highest BCUT2D eigenvalue weighted by molar-refractivity contribution is 7.09. The zero-order valence-electron chi connectivity index (χ0n) is 13.9. The summed E-state index contributed by atoms with van der Waals surface area (Å²) in [4.78, 5) is 27.9. The van der Waals surface area contributed by atoms with Gasteiger partial charge in [-0.05, 0) is 51.5 Å². The summed E-state index contributed by atoms with van der Waals surface area (Å²) in [5, 5.41) is 5.02. The molecule has 2 aliphatic heterocycles. The Bertz CT molecular complexity index is 579. The Morgan fingerprint density at radius 1 is 1.39 bits per heavy atom. The average Bonchev–Trinajstić information content (AvgIpc) is 3.17. The van der Waals surface area contributed by atoms with Crippen molar-refractivity contribution < 1.29 is 14.3 Å². The van der Waals surface area contributed by atoms with Gasteiger partial charge in [0.1, 0.15) is 5.60 Å². The van der Waals surface area contributed by atoms with E-state index in [1.807, 2.05) is 38.3 Å². The number of nitrogens with zero attached hydrogens (tertiary/aromatic N) is 1. The van der Waals surface area contributed by atoms with Crippen LogP contribution in [0.3, 0.4) is 0 Å². The lowest BCUT2D eigenvalue weighted by atomic mass is 9.88. The molecule has 0 spiro atoms. The van der Waals surface area contributed by atoms with Gasteiger partial charge in [0.25, 0.3) is 0 Å². The van der Waals surface area contributed by atoms with E-state index in [9.17, 15) is 9.59 Å². The van der Waals surface area contributed by atoms with Crippen molar-refractivity contribution in [3.05, 3.63) is 22.4 Å². The first-order chi connectivity index (χ1) is 10.8. The number of fused-ring (bicyclic) bond motifs is 2. The Balaban J connectivity index is 1.60. The molecule has 3 rings (SSSR count). The van der Waals surface area contributed by atoms with Gasteiger partial charge in [-0.1, -0.05) is 6.07 Å². The molecule has 1 N–H and O–H groups in total. The zero-order chi connectivity index (χ0) is 16.6. The minimum Gasteiger partial charge on any atom is -0.444 e. The van der Waals surface area contributed by atoms with E-state index >= 15 is 0 Å². The van der Waals surface area contributed by atoms with Crippen LogP contribution in [-0.2, 0) is 16.1 Å². The first-order valence-electron chi connectivity index (χ1n) is 8.16. The van der Waals surface area contributed by atoms with E-state index < -0.39 is 5.60 Å². The van der Waals surface area contributed by atoms with Crippen LogP contribution in [0.25, 0.3) is 0 Å². The van der Waals surface area contributed by atoms with E-state index in [0.29, 0.717) is 6.54 Å². The molecule has 0 radical (unpaired) electrons. The fraction of sp³-hybridized carbons (Fsp3) is 0.647. The van der Waals surface area contributed by atoms with E-state index in [4.69, 9.17) is 4.74 Å². The maximum atomic E-state index is 12.5. The number of hydrogen-bond acceptors (Lipinski definition) is 4. The predicted octanol–water partition coefficient (Wildman–Crippen LogP) is 3.15. The van der Waals surface area contributed by atoms with Crippen molar-refractivity contribution in [1.29, 1.82) is 0 Å². The lowest BCUT2D eigenvalue weighted by Gasteiger charge is -2.28. The first kappa shape index (κ1) is 16.3. The third-order valence-corrected chi connectivity index (χ3v) is 5.37. The van der Waals surface area contributed by atoms with Gasteiger partial charge in [0.2, 0.25) is 5.91 Å². The number of nitrogens with one attached hydrogen (secondary N) is 1. The van der Waals surface area contributed by atoms with E-state index in [1.54, 1.807) is 16.2 Å². The quantitative estimate of drug-likeness (QED) is 0.922. The molecule has 2 saturated heterocycles. The van der Waals surface area contributed by atoms with E-state index in [1.165, 1.54) is 0 Å². The normalized spacial score (nSPS) is 26.4. The minimum atomic E-state index is -0.504. The summed E-state index contributed by atoms with van der Waals surface area (Å²) in [5.41, 5.74) is -0.504. The number of amides is 2. The Morgan fingerprint density at radius 2 is 2.17 bits per heavy atom. The molecule has 0 aliphatic carbocycles. The molecule has 3 unspecified atom stereocenters. The van der Waals surface area contributed by atoms with Crippen molar-refractivity contribution in [3.8, 4) is 0 Å². The molecule has 2 fully saturated rings. The Labute approximate surface area is 141 Å². The Hall–Kier alpha value is -1.56. The molecular formula is C17H24N2O3S. The number of hydrogen-bond donors (Lipinski definition) is 1. The van der Waals surface area contributed by atoms with Crippen LogP contribution in [0.4, 0.5) is 4.79 Å². The molecule has 3 atom stereocenters. The molecule has 1 aromatic rings. The third-order valence-electron chi connectivity index (χ3n) is 4.49. The highest BCUT2D eigenvalue weighted by atomic mass is 32.1. The number of carbonyl (C=O) groups is 2. The van der Waals surface area contributed by atoms with Crippen LogP contribution >= 0.6 is 11.3 Å². The number of carbonyl (C=O) groups excluding carboxylic acids is 2. The Kier molecular flexibility index (Phi) is 4.36. The van der Waals surface area contributed by atoms with Gasteiger partial charge in [-0.2, -0.15) is 0 Å². The second kappa shape index (κ2) is 6.15. The molecule has 6 heteroatoms. The summed E-state index contributed by atoms with van der Waals surface area (Å²) < 4.78 is 5.51. The van der Waals surface area contributed by atoms with Crippen molar-refractivity contribution >= 4 is 23.3 Å². The molecule has 2 amide bonds. The smallest absolute Gasteiger partial charge is 0.410 e. The van der Waals surface area contributed by atoms with Gasteiger partial charge in [0.05, 0.1) is 12.5 Å². The molecule has 23 heavy (non-hydrogen) atoms. The largest absolute Gasteiger partial charge is 0.444 e. The van der Waals surface area contributed by atoms with Crippen LogP contribution in [0.15, 0.2) is 17.5 Å². The van der Waals surface area contributed by atoms with Gasteiger partial charge < -0.3 is 15.0 Å². The highest BCUT2D eigenvalue weighted by Gasteiger charge is 2.52. The first-order valence-corrected chi connectivity index (χ1v) is 9.04. The fourth-order valence-corrected chi connectivity index (χ4v) is 4.23. The summed E-state index contributed by atoms with van der Waals surface area (Å²) in [6.07, 6.45) is 2.33. The number of ether oxygens (including phenoxy) is 1. The lowest BCUT2D eigenvalue weighted by Crippen LogP contribution is -2.43. The maximum Gasteiger partial charge on any atom is 0.410 e. The predicted molar refractivity (Wildman–Crippen MR) is 89.2 cm³/mol. The van der Waals surface area contributed by atoms with Crippen LogP contribution in [0.5, 0.6) is 0 Å². The minimum absolute atomic E-state index is 0.0156. The average molecular weight is 336 g/mol. The van der Waals surface area contributed by atoms with Crippen LogP contribution in [0.2, 0.25) is 0 Å². The fourth-order valence-electron chi connectivity index (χ4n) is 3.59. The van der Waals surface area contributed by atoms with Crippen LogP contribution in [0.1, 0.15) is 44.9 Å². The van der Waals surface area contributed by atoms with Crippen LogP contribution in [0, 0.1) is 5.92 Å². The van der Waals surface area contributed by atoms with Crippen molar-refractivity contribution in [3.63, 3.8) is 0 Å². The van der Waals surface area contributed by atoms with Crippen molar-refractivity contribution in [2.75, 3.05) is 0 Å². The number of thiophene rings is 1. The molecule has 126 valence electrons.